The average molecular weight is 377 g/mol. The van der Waals surface area contributed by atoms with Crippen molar-refractivity contribution in [1.82, 2.24) is 10.7 Å². The molecule has 1 unspecified atom stereocenters. The lowest BCUT2D eigenvalue weighted by Crippen LogP contribution is -2.62. The van der Waals surface area contributed by atoms with E-state index < -0.39 is 0 Å². The molecule has 0 radical (unpaired) electrons. The SMILES string of the molecule is CC1Oc2cc(-c3ccccc3)c(NC3(C)CNC3)cc2N2CC(=O)NN=C12. The van der Waals surface area contributed by atoms with Gasteiger partial charge in [-0.1, -0.05) is 30.3 Å². The summed E-state index contributed by atoms with van der Waals surface area (Å²) < 4.78 is 6.16. The maximum atomic E-state index is 12.0. The van der Waals surface area contributed by atoms with Crippen molar-refractivity contribution in [1.29, 1.82) is 0 Å². The summed E-state index contributed by atoms with van der Waals surface area (Å²) >= 11 is 0. The van der Waals surface area contributed by atoms with Gasteiger partial charge in [-0.15, -0.1) is 0 Å². The summed E-state index contributed by atoms with van der Waals surface area (Å²) in [5.74, 6) is 1.37. The number of carbonyl (C=O) groups is 1. The Hall–Kier alpha value is -3.06. The predicted octanol–water partition coefficient (Wildman–Crippen LogP) is 2.16. The third kappa shape index (κ3) is 2.79. The van der Waals surface area contributed by atoms with Crippen LogP contribution in [0.15, 0.2) is 47.6 Å². The van der Waals surface area contributed by atoms with Crippen molar-refractivity contribution < 1.29 is 9.53 Å². The summed E-state index contributed by atoms with van der Waals surface area (Å²) in [4.78, 5) is 13.9. The highest BCUT2D eigenvalue weighted by Crippen LogP contribution is 2.43. The molecule has 5 rings (SSSR count). The van der Waals surface area contributed by atoms with Crippen molar-refractivity contribution in [3.8, 4) is 16.9 Å². The molecule has 7 heteroatoms. The fraction of sp³-hybridized carbons (Fsp3) is 0.333. The Morgan fingerprint density at radius 1 is 1.25 bits per heavy atom. The molecule has 0 spiro atoms. The lowest BCUT2D eigenvalue weighted by atomic mass is 9.93. The minimum absolute atomic E-state index is 0.00320. The Balaban J connectivity index is 1.65. The van der Waals surface area contributed by atoms with Crippen molar-refractivity contribution in [3.63, 3.8) is 0 Å². The fourth-order valence-corrected chi connectivity index (χ4v) is 3.95. The first-order valence-corrected chi connectivity index (χ1v) is 9.55. The van der Waals surface area contributed by atoms with E-state index in [1.807, 2.05) is 30.0 Å². The number of hydrazone groups is 1. The van der Waals surface area contributed by atoms with Crippen LogP contribution in [-0.2, 0) is 4.79 Å². The van der Waals surface area contributed by atoms with E-state index in [0.29, 0.717) is 0 Å². The van der Waals surface area contributed by atoms with Gasteiger partial charge in [0.2, 0.25) is 0 Å². The number of hydrogen-bond acceptors (Lipinski definition) is 6. The van der Waals surface area contributed by atoms with E-state index in [1.54, 1.807) is 0 Å². The summed E-state index contributed by atoms with van der Waals surface area (Å²) in [7, 11) is 0. The number of amides is 1. The Kier molecular flexibility index (Phi) is 3.80. The van der Waals surface area contributed by atoms with Crippen molar-refractivity contribution in [2.75, 3.05) is 29.9 Å². The Bertz CT molecular complexity index is 968. The molecule has 1 amide bonds. The molecule has 3 N–H and O–H groups in total. The van der Waals surface area contributed by atoms with E-state index in [1.165, 1.54) is 0 Å². The molecule has 3 aliphatic rings. The molecular formula is C21H23N5O2. The zero-order chi connectivity index (χ0) is 19.3. The van der Waals surface area contributed by atoms with Crippen LogP contribution in [0.2, 0.25) is 0 Å². The number of amidine groups is 1. The van der Waals surface area contributed by atoms with E-state index in [2.05, 4.69) is 52.3 Å². The summed E-state index contributed by atoms with van der Waals surface area (Å²) in [5, 5.41) is 11.2. The van der Waals surface area contributed by atoms with Crippen LogP contribution >= 0.6 is 0 Å². The first kappa shape index (κ1) is 17.1. The molecule has 0 aliphatic carbocycles. The van der Waals surface area contributed by atoms with Crippen LogP contribution in [0.4, 0.5) is 11.4 Å². The maximum absolute atomic E-state index is 12.0. The molecule has 0 aromatic heterocycles. The molecule has 2 aromatic rings. The van der Waals surface area contributed by atoms with Crippen molar-refractivity contribution in [2.24, 2.45) is 5.10 Å². The number of benzene rings is 2. The van der Waals surface area contributed by atoms with Gasteiger partial charge in [0, 0.05) is 24.3 Å². The number of nitrogens with one attached hydrogen (secondary N) is 3. The molecule has 1 saturated heterocycles. The molecule has 1 atom stereocenters. The number of anilines is 2. The second-order valence-corrected chi connectivity index (χ2v) is 7.87. The van der Waals surface area contributed by atoms with Gasteiger partial charge in [0.1, 0.15) is 12.3 Å². The monoisotopic (exact) mass is 377 g/mol. The Morgan fingerprint density at radius 3 is 2.75 bits per heavy atom. The van der Waals surface area contributed by atoms with Gasteiger partial charge in [0.25, 0.3) is 5.91 Å². The quantitative estimate of drug-likeness (QED) is 0.764. The lowest BCUT2D eigenvalue weighted by Gasteiger charge is -2.42. The van der Waals surface area contributed by atoms with Crippen LogP contribution in [0.1, 0.15) is 13.8 Å². The Morgan fingerprint density at radius 2 is 2.04 bits per heavy atom. The van der Waals surface area contributed by atoms with Crippen molar-refractivity contribution in [3.05, 3.63) is 42.5 Å². The van der Waals surface area contributed by atoms with E-state index in [-0.39, 0.29) is 24.1 Å². The highest BCUT2D eigenvalue weighted by molar-refractivity contribution is 6.10. The van der Waals surface area contributed by atoms with Crippen LogP contribution in [-0.4, -0.2) is 43.0 Å². The van der Waals surface area contributed by atoms with Crippen LogP contribution in [0.3, 0.4) is 0 Å². The normalized spacial score (nSPS) is 22.1. The number of fused-ring (bicyclic) bond motifs is 3. The van der Waals surface area contributed by atoms with Gasteiger partial charge in [0.05, 0.1) is 11.2 Å². The highest BCUT2D eigenvalue weighted by Gasteiger charge is 2.36. The largest absolute Gasteiger partial charge is 0.481 e. The number of rotatable bonds is 3. The molecule has 2 aromatic carbocycles. The third-order valence-electron chi connectivity index (χ3n) is 5.48. The van der Waals surface area contributed by atoms with Gasteiger partial charge in [-0.25, -0.2) is 5.43 Å². The smallest absolute Gasteiger partial charge is 0.260 e. The summed E-state index contributed by atoms with van der Waals surface area (Å²) in [6, 6.07) is 14.4. The van der Waals surface area contributed by atoms with E-state index in [9.17, 15) is 4.79 Å². The van der Waals surface area contributed by atoms with Gasteiger partial charge < -0.3 is 20.3 Å². The molecular weight excluding hydrogens is 354 g/mol. The minimum Gasteiger partial charge on any atom is -0.481 e. The zero-order valence-corrected chi connectivity index (χ0v) is 16.0. The predicted molar refractivity (Wildman–Crippen MR) is 110 cm³/mol. The molecule has 3 heterocycles. The Labute approximate surface area is 163 Å². The first-order valence-electron chi connectivity index (χ1n) is 9.55. The maximum Gasteiger partial charge on any atom is 0.260 e. The van der Waals surface area contributed by atoms with Gasteiger partial charge in [0.15, 0.2) is 11.9 Å². The van der Waals surface area contributed by atoms with E-state index >= 15 is 0 Å². The highest BCUT2D eigenvalue weighted by atomic mass is 16.5. The molecule has 28 heavy (non-hydrogen) atoms. The van der Waals surface area contributed by atoms with Gasteiger partial charge in [-0.2, -0.15) is 5.10 Å². The van der Waals surface area contributed by atoms with Crippen LogP contribution in [0.5, 0.6) is 5.75 Å². The molecule has 144 valence electrons. The second-order valence-electron chi connectivity index (χ2n) is 7.87. The van der Waals surface area contributed by atoms with E-state index in [4.69, 9.17) is 4.74 Å². The third-order valence-corrected chi connectivity index (χ3v) is 5.48. The number of carbonyl (C=O) groups excluding carboxylic acids is 1. The van der Waals surface area contributed by atoms with Crippen LogP contribution < -0.4 is 25.7 Å². The summed E-state index contributed by atoms with van der Waals surface area (Å²) in [6.45, 7) is 6.21. The fourth-order valence-electron chi connectivity index (χ4n) is 3.95. The molecule has 0 saturated carbocycles. The van der Waals surface area contributed by atoms with Gasteiger partial charge in [-0.05, 0) is 31.5 Å². The molecule has 3 aliphatic heterocycles. The number of hydrogen-bond donors (Lipinski definition) is 3. The van der Waals surface area contributed by atoms with Crippen LogP contribution in [0.25, 0.3) is 11.1 Å². The second kappa shape index (κ2) is 6.24. The number of nitrogens with zero attached hydrogens (tertiary/aromatic N) is 2. The lowest BCUT2D eigenvalue weighted by molar-refractivity contribution is -0.119. The average Bonchev–Trinajstić information content (AvgIpc) is 2.67. The summed E-state index contributed by atoms with van der Waals surface area (Å²) in [5.41, 5.74) is 6.65. The molecule has 1 fully saturated rings. The zero-order valence-electron chi connectivity index (χ0n) is 16.0. The van der Waals surface area contributed by atoms with Crippen molar-refractivity contribution >= 4 is 23.1 Å². The first-order chi connectivity index (χ1) is 13.5. The standard InChI is InChI=1S/C21H23N5O2/c1-13-20-25-24-19(27)10-26(20)17-9-16(23-21(2)11-22-12-21)15(8-18(17)28-13)14-6-4-3-5-7-14/h3-9,13,22-23H,10-12H2,1-2H3,(H,24,27). The minimum atomic E-state index is -0.233. The molecule has 0 bridgehead atoms. The molecule has 7 nitrogen and oxygen atoms in total. The topological polar surface area (TPSA) is 78.0 Å². The van der Waals surface area contributed by atoms with Crippen molar-refractivity contribution in [2.45, 2.75) is 25.5 Å². The number of ether oxygens (including phenoxy) is 1. The van der Waals surface area contributed by atoms with Gasteiger partial charge >= 0.3 is 0 Å². The van der Waals surface area contributed by atoms with Crippen LogP contribution in [0, 0.1) is 0 Å². The summed E-state index contributed by atoms with van der Waals surface area (Å²) in [6.07, 6.45) is -0.233. The van der Waals surface area contributed by atoms with Gasteiger partial charge in [-0.3, -0.25) is 4.79 Å². The van der Waals surface area contributed by atoms with E-state index in [0.717, 1.165) is 47.2 Å².